The third-order valence-corrected chi connectivity index (χ3v) is 14.7. The van der Waals surface area contributed by atoms with E-state index in [2.05, 4.69) is 34.6 Å². The quantitative estimate of drug-likeness (QED) is 0.181. The van der Waals surface area contributed by atoms with E-state index in [0.717, 1.165) is 24.8 Å². The van der Waals surface area contributed by atoms with Crippen LogP contribution in [0.5, 0.6) is 0 Å². The van der Waals surface area contributed by atoms with Gasteiger partial charge in [-0.05, 0) is 111 Å². The average Bonchev–Trinajstić information content (AvgIpc) is 3.37. The van der Waals surface area contributed by atoms with E-state index in [4.69, 9.17) is 9.47 Å². The summed E-state index contributed by atoms with van der Waals surface area (Å²) in [7, 11) is 0. The van der Waals surface area contributed by atoms with E-state index in [9.17, 15) is 40.9 Å². The zero-order valence-corrected chi connectivity index (χ0v) is 29.0. The summed E-state index contributed by atoms with van der Waals surface area (Å²) in [6, 6.07) is 0. The highest BCUT2D eigenvalue weighted by molar-refractivity contribution is 5.21. The second-order valence-electron chi connectivity index (χ2n) is 17.4. The number of hydrogen-bond acceptors (Lipinski definition) is 10. The largest absolute Gasteiger partial charge is 0.394 e. The molecule has 1 heterocycles. The van der Waals surface area contributed by atoms with Crippen molar-refractivity contribution in [3.05, 3.63) is 11.6 Å². The van der Waals surface area contributed by atoms with Gasteiger partial charge in [0, 0.05) is 0 Å². The second kappa shape index (κ2) is 12.6. The molecule has 0 aromatic heterocycles. The highest BCUT2D eigenvalue weighted by Crippen LogP contribution is 2.76. The summed E-state index contributed by atoms with van der Waals surface area (Å²) in [5.41, 5.74) is -1.50. The van der Waals surface area contributed by atoms with Crippen molar-refractivity contribution in [2.45, 2.75) is 154 Å². The number of fused-ring (bicyclic) bond motifs is 5. The molecular weight excluding hydrogens is 592 g/mol. The maximum absolute atomic E-state index is 12.3. The molecule has 4 saturated carbocycles. The van der Waals surface area contributed by atoms with Gasteiger partial charge in [-0.2, -0.15) is 0 Å². The van der Waals surface area contributed by atoms with Gasteiger partial charge in [0.1, 0.15) is 24.4 Å². The highest BCUT2D eigenvalue weighted by Gasteiger charge is 2.73. The number of aliphatic hydroxyl groups is 8. The predicted octanol–water partition coefficient (Wildman–Crippen LogP) is 2.27. The van der Waals surface area contributed by atoms with Crippen LogP contribution in [0.1, 0.15) is 99.8 Å². The number of hydrogen-bond donors (Lipinski definition) is 8. The zero-order valence-electron chi connectivity index (χ0n) is 29.0. The minimum Gasteiger partial charge on any atom is -0.394 e. The van der Waals surface area contributed by atoms with Gasteiger partial charge in [0.05, 0.1) is 37.1 Å². The van der Waals surface area contributed by atoms with Gasteiger partial charge in [-0.15, -0.1) is 0 Å². The van der Waals surface area contributed by atoms with Gasteiger partial charge in [0.15, 0.2) is 6.29 Å². The van der Waals surface area contributed by atoms with E-state index in [1.165, 1.54) is 0 Å². The molecule has 16 atom stereocenters. The Bertz CT molecular complexity index is 1130. The van der Waals surface area contributed by atoms with Crippen LogP contribution in [0.4, 0.5) is 0 Å². The lowest BCUT2D eigenvalue weighted by atomic mass is 9.34. The SMILES string of the molecule is CC(=CCCC(C)(OC1OC(CO)C(O)C(O)C1O)C1CCC2(C)C1C(O)CC1C3(C)CCC(O)C(C)(C)C3C(O)CC12C)CO. The summed E-state index contributed by atoms with van der Waals surface area (Å²) in [6.07, 6.45) is -1.58. The fourth-order valence-electron chi connectivity index (χ4n) is 12.1. The molecule has 0 amide bonds. The summed E-state index contributed by atoms with van der Waals surface area (Å²) in [5.74, 6) is -0.315. The molecule has 5 rings (SSSR count). The summed E-state index contributed by atoms with van der Waals surface area (Å²) in [6.45, 7) is 14.2. The Hall–Kier alpha value is -0.660. The molecule has 0 spiro atoms. The van der Waals surface area contributed by atoms with Crippen molar-refractivity contribution in [1.29, 1.82) is 0 Å². The third kappa shape index (κ3) is 5.46. The van der Waals surface area contributed by atoms with Crippen molar-refractivity contribution in [1.82, 2.24) is 0 Å². The summed E-state index contributed by atoms with van der Waals surface area (Å²) in [5, 5.41) is 86.6. The first-order valence-electron chi connectivity index (χ1n) is 17.6. The Morgan fingerprint density at radius 2 is 1.57 bits per heavy atom. The van der Waals surface area contributed by atoms with Gasteiger partial charge in [-0.3, -0.25) is 0 Å². The molecule has 0 aromatic rings. The fourth-order valence-corrected chi connectivity index (χ4v) is 12.1. The molecule has 10 heteroatoms. The van der Waals surface area contributed by atoms with Crippen LogP contribution in [-0.2, 0) is 9.47 Å². The van der Waals surface area contributed by atoms with Crippen molar-refractivity contribution in [2.24, 2.45) is 45.3 Å². The van der Waals surface area contributed by atoms with E-state index in [0.29, 0.717) is 32.1 Å². The molecule has 10 nitrogen and oxygen atoms in total. The lowest BCUT2D eigenvalue weighted by Crippen LogP contribution is -2.70. The predicted molar refractivity (Wildman–Crippen MR) is 171 cm³/mol. The van der Waals surface area contributed by atoms with E-state index < -0.39 is 66.6 Å². The van der Waals surface area contributed by atoms with Gasteiger partial charge in [0.25, 0.3) is 0 Å². The third-order valence-electron chi connectivity index (χ3n) is 14.7. The molecular formula is C36H62O10. The normalized spacial score (nSPS) is 51.9. The van der Waals surface area contributed by atoms with Gasteiger partial charge < -0.3 is 50.3 Å². The zero-order chi connectivity index (χ0) is 34.2. The van der Waals surface area contributed by atoms with E-state index in [1.54, 1.807) is 0 Å². The molecule has 5 fully saturated rings. The molecule has 0 bridgehead atoms. The van der Waals surface area contributed by atoms with Gasteiger partial charge in [-0.1, -0.05) is 46.3 Å². The first-order chi connectivity index (χ1) is 21.3. The van der Waals surface area contributed by atoms with Gasteiger partial charge in [0.2, 0.25) is 0 Å². The number of rotatable bonds is 8. The molecule has 0 radical (unpaired) electrons. The van der Waals surface area contributed by atoms with Crippen LogP contribution in [-0.4, -0.2) is 109 Å². The van der Waals surface area contributed by atoms with Crippen LogP contribution in [0.15, 0.2) is 11.6 Å². The van der Waals surface area contributed by atoms with Crippen molar-refractivity contribution >= 4 is 0 Å². The molecule has 266 valence electrons. The Kier molecular flexibility index (Phi) is 10.0. The van der Waals surface area contributed by atoms with Crippen LogP contribution in [0.25, 0.3) is 0 Å². The van der Waals surface area contributed by atoms with Gasteiger partial charge >= 0.3 is 0 Å². The second-order valence-corrected chi connectivity index (χ2v) is 17.4. The van der Waals surface area contributed by atoms with Crippen LogP contribution in [0.2, 0.25) is 0 Å². The van der Waals surface area contributed by atoms with Crippen LogP contribution >= 0.6 is 0 Å². The molecule has 1 saturated heterocycles. The maximum Gasteiger partial charge on any atom is 0.187 e. The van der Waals surface area contributed by atoms with E-state index >= 15 is 0 Å². The van der Waals surface area contributed by atoms with Crippen molar-refractivity contribution in [3.8, 4) is 0 Å². The first kappa shape index (κ1) is 36.6. The topological polar surface area (TPSA) is 180 Å². The van der Waals surface area contributed by atoms with Crippen molar-refractivity contribution < 1.29 is 50.3 Å². The molecule has 16 unspecified atom stereocenters. The Balaban J connectivity index is 1.51. The summed E-state index contributed by atoms with van der Waals surface area (Å²) < 4.78 is 12.5. The van der Waals surface area contributed by atoms with Crippen LogP contribution in [0.3, 0.4) is 0 Å². The minimum atomic E-state index is -1.57. The average molecular weight is 655 g/mol. The molecule has 1 aliphatic heterocycles. The van der Waals surface area contributed by atoms with E-state index in [-0.39, 0.29) is 46.5 Å². The summed E-state index contributed by atoms with van der Waals surface area (Å²) in [4.78, 5) is 0. The monoisotopic (exact) mass is 654 g/mol. The number of ether oxygens (including phenoxy) is 2. The molecule has 4 aliphatic carbocycles. The van der Waals surface area contributed by atoms with Crippen molar-refractivity contribution in [3.63, 3.8) is 0 Å². The molecule has 8 N–H and O–H groups in total. The van der Waals surface area contributed by atoms with E-state index in [1.807, 2.05) is 19.9 Å². The van der Waals surface area contributed by atoms with Crippen LogP contribution < -0.4 is 0 Å². The molecule has 5 aliphatic rings. The van der Waals surface area contributed by atoms with Crippen LogP contribution in [0, 0.1) is 45.3 Å². The van der Waals surface area contributed by atoms with Gasteiger partial charge in [-0.25, -0.2) is 0 Å². The summed E-state index contributed by atoms with van der Waals surface area (Å²) >= 11 is 0. The minimum absolute atomic E-state index is 0.0667. The molecule has 0 aromatic carbocycles. The maximum atomic E-state index is 12.3. The Labute approximate surface area is 274 Å². The lowest BCUT2D eigenvalue weighted by molar-refractivity contribution is -0.336. The number of aliphatic hydroxyl groups excluding tert-OH is 8. The standard InChI is InChI=1S/C36H62O10/c1-19(17-37)9-8-12-36(7,46-31-29(44)28(43)27(42)23(18-38)45-31)20-10-14-34(5)26(20)21(39)15-24-33(4)13-11-25(41)32(2,3)30(33)22(40)16-35(24,34)6/h9,20-31,37-44H,8,10-18H2,1-7H3. The van der Waals surface area contributed by atoms with Crippen molar-refractivity contribution in [2.75, 3.05) is 13.2 Å². The Morgan fingerprint density at radius 1 is 0.891 bits per heavy atom. The fraction of sp³-hybridized carbons (Fsp3) is 0.944. The Morgan fingerprint density at radius 3 is 2.20 bits per heavy atom. The number of allylic oxidation sites excluding steroid dienone is 1. The highest BCUT2D eigenvalue weighted by atomic mass is 16.7. The first-order valence-corrected chi connectivity index (χ1v) is 17.6. The lowest BCUT2D eigenvalue weighted by Gasteiger charge is -2.71. The molecule has 46 heavy (non-hydrogen) atoms. The smallest absolute Gasteiger partial charge is 0.187 e.